The second-order valence-corrected chi connectivity index (χ2v) is 6.88. The molecule has 128 valence electrons. The van der Waals surface area contributed by atoms with Gasteiger partial charge in [-0.15, -0.1) is 11.8 Å². The minimum absolute atomic E-state index is 0.934. The highest BCUT2D eigenvalue weighted by atomic mass is 14.1. The SMILES string of the molecule is [CH2]C#CCCCCCCCC(C)CCCCCCCCC[CH2]. The molecule has 0 aromatic heterocycles. The molecular formula is C22H40. The van der Waals surface area contributed by atoms with Crippen LogP contribution in [0.4, 0.5) is 0 Å². The summed E-state index contributed by atoms with van der Waals surface area (Å²) in [6.07, 6.45) is 21.8. The Balaban J connectivity index is 3.15. The van der Waals surface area contributed by atoms with Gasteiger partial charge in [-0.05, 0) is 12.3 Å². The Kier molecular flexibility index (Phi) is 18.2. The van der Waals surface area contributed by atoms with Gasteiger partial charge in [0.25, 0.3) is 0 Å². The van der Waals surface area contributed by atoms with Crippen LogP contribution in [0.1, 0.15) is 110 Å². The maximum atomic E-state index is 3.90. The molecule has 0 spiro atoms. The van der Waals surface area contributed by atoms with Crippen LogP contribution in [-0.2, 0) is 0 Å². The van der Waals surface area contributed by atoms with Gasteiger partial charge in [-0.3, -0.25) is 0 Å². The fraction of sp³-hybridized carbons (Fsp3) is 0.818. The van der Waals surface area contributed by atoms with Crippen molar-refractivity contribution in [2.75, 3.05) is 0 Å². The van der Waals surface area contributed by atoms with E-state index in [-0.39, 0.29) is 0 Å². The first-order valence-electron chi connectivity index (χ1n) is 9.85. The van der Waals surface area contributed by atoms with E-state index >= 15 is 0 Å². The van der Waals surface area contributed by atoms with Crippen LogP contribution in [0.3, 0.4) is 0 Å². The van der Waals surface area contributed by atoms with Gasteiger partial charge < -0.3 is 0 Å². The maximum absolute atomic E-state index is 3.90. The Hall–Kier alpha value is -0.440. The van der Waals surface area contributed by atoms with Gasteiger partial charge in [0, 0.05) is 13.3 Å². The van der Waals surface area contributed by atoms with E-state index < -0.39 is 0 Å². The molecule has 0 aliphatic rings. The summed E-state index contributed by atoms with van der Waals surface area (Å²) >= 11 is 0. The summed E-state index contributed by atoms with van der Waals surface area (Å²) in [5.41, 5.74) is 0. The molecule has 0 nitrogen and oxygen atoms in total. The van der Waals surface area contributed by atoms with Gasteiger partial charge in [-0.2, -0.15) is 0 Å². The summed E-state index contributed by atoms with van der Waals surface area (Å²) in [5, 5.41) is 0. The van der Waals surface area contributed by atoms with Crippen molar-refractivity contribution in [3.8, 4) is 11.8 Å². The van der Waals surface area contributed by atoms with Gasteiger partial charge in [-0.25, -0.2) is 0 Å². The third kappa shape index (κ3) is 17.6. The quantitative estimate of drug-likeness (QED) is 0.204. The summed E-state index contributed by atoms with van der Waals surface area (Å²) in [7, 11) is 0. The zero-order valence-corrected chi connectivity index (χ0v) is 15.3. The molecule has 0 amide bonds. The first-order valence-corrected chi connectivity index (χ1v) is 9.85. The molecule has 0 heteroatoms. The molecule has 0 aromatic carbocycles. The van der Waals surface area contributed by atoms with Crippen molar-refractivity contribution in [1.29, 1.82) is 0 Å². The van der Waals surface area contributed by atoms with Gasteiger partial charge in [0.1, 0.15) is 0 Å². The Morgan fingerprint density at radius 3 is 1.64 bits per heavy atom. The predicted octanol–water partition coefficient (Wildman–Crippen LogP) is 7.54. The van der Waals surface area contributed by atoms with E-state index in [4.69, 9.17) is 0 Å². The molecule has 1 unspecified atom stereocenters. The first-order chi connectivity index (χ1) is 10.8. The van der Waals surface area contributed by atoms with Gasteiger partial charge in [-0.1, -0.05) is 104 Å². The van der Waals surface area contributed by atoms with Gasteiger partial charge in [0.15, 0.2) is 0 Å². The smallest absolute Gasteiger partial charge is 0.0198 e. The van der Waals surface area contributed by atoms with Gasteiger partial charge in [0.2, 0.25) is 0 Å². The van der Waals surface area contributed by atoms with Crippen molar-refractivity contribution in [2.24, 2.45) is 5.92 Å². The molecule has 0 aromatic rings. The monoisotopic (exact) mass is 304 g/mol. The summed E-state index contributed by atoms with van der Waals surface area (Å²) in [6, 6.07) is 0. The van der Waals surface area contributed by atoms with Crippen molar-refractivity contribution in [3.05, 3.63) is 13.8 Å². The van der Waals surface area contributed by atoms with Crippen LogP contribution in [-0.4, -0.2) is 0 Å². The molecule has 1 atom stereocenters. The van der Waals surface area contributed by atoms with Crippen molar-refractivity contribution in [3.63, 3.8) is 0 Å². The van der Waals surface area contributed by atoms with E-state index in [1.165, 1.54) is 89.9 Å². The van der Waals surface area contributed by atoms with Crippen LogP contribution in [0.15, 0.2) is 0 Å². The molecule has 0 bridgehead atoms. The molecule has 0 N–H and O–H groups in total. The molecular weight excluding hydrogens is 264 g/mol. The van der Waals surface area contributed by atoms with E-state index in [9.17, 15) is 0 Å². The normalized spacial score (nSPS) is 12.0. The standard InChI is InChI=1S/C22H40/c1-4-6-8-10-12-14-16-18-20-22(3)21-19-17-15-13-11-9-7-5-2/h22H,1-2,4,6,8-21H2,3H3. The van der Waals surface area contributed by atoms with E-state index in [0.717, 1.165) is 18.8 Å². The molecule has 0 heterocycles. The Bertz CT molecular complexity index is 255. The zero-order valence-electron chi connectivity index (χ0n) is 15.3. The second-order valence-electron chi connectivity index (χ2n) is 6.88. The number of unbranched alkanes of at least 4 members (excludes halogenated alkanes) is 12. The molecule has 2 radical (unpaired) electrons. The van der Waals surface area contributed by atoms with E-state index in [0.29, 0.717) is 0 Å². The highest BCUT2D eigenvalue weighted by Gasteiger charge is 2.02. The maximum Gasteiger partial charge on any atom is 0.0198 e. The lowest BCUT2D eigenvalue weighted by Gasteiger charge is -2.11. The highest BCUT2D eigenvalue weighted by molar-refractivity contribution is 5.00. The third-order valence-electron chi connectivity index (χ3n) is 4.57. The van der Waals surface area contributed by atoms with E-state index in [2.05, 4.69) is 32.6 Å². The van der Waals surface area contributed by atoms with E-state index in [1.807, 2.05) is 0 Å². The topological polar surface area (TPSA) is 0 Å². The highest BCUT2D eigenvalue weighted by Crippen LogP contribution is 2.18. The fourth-order valence-electron chi connectivity index (χ4n) is 3.02. The Labute approximate surface area is 141 Å². The molecule has 0 aliphatic carbocycles. The number of hydrogen-bond acceptors (Lipinski definition) is 0. The molecule has 22 heavy (non-hydrogen) atoms. The lowest BCUT2D eigenvalue weighted by molar-refractivity contribution is 0.431. The van der Waals surface area contributed by atoms with Crippen LogP contribution in [0, 0.1) is 31.6 Å². The molecule has 0 aliphatic heterocycles. The molecule has 0 fully saturated rings. The summed E-state index contributed by atoms with van der Waals surface area (Å²) in [6.45, 7) is 9.88. The second kappa shape index (κ2) is 18.6. The van der Waals surface area contributed by atoms with Gasteiger partial charge >= 0.3 is 0 Å². The van der Waals surface area contributed by atoms with Crippen LogP contribution in [0.25, 0.3) is 0 Å². The fourth-order valence-corrected chi connectivity index (χ4v) is 3.02. The van der Waals surface area contributed by atoms with E-state index in [1.54, 1.807) is 0 Å². The average molecular weight is 305 g/mol. The molecule has 0 rings (SSSR count). The Morgan fingerprint density at radius 2 is 1.14 bits per heavy atom. The Morgan fingerprint density at radius 1 is 0.682 bits per heavy atom. The minimum atomic E-state index is 0.934. The first kappa shape index (κ1) is 21.6. The third-order valence-corrected chi connectivity index (χ3v) is 4.57. The predicted molar refractivity (Wildman–Crippen MR) is 102 cm³/mol. The zero-order chi connectivity index (χ0) is 16.3. The number of hydrogen-bond donors (Lipinski definition) is 0. The van der Waals surface area contributed by atoms with Crippen molar-refractivity contribution in [1.82, 2.24) is 0 Å². The summed E-state index contributed by atoms with van der Waals surface area (Å²) in [5.74, 6) is 6.70. The minimum Gasteiger partial charge on any atom is -0.103 e. The largest absolute Gasteiger partial charge is 0.103 e. The van der Waals surface area contributed by atoms with Crippen molar-refractivity contribution in [2.45, 2.75) is 110 Å². The van der Waals surface area contributed by atoms with Crippen molar-refractivity contribution >= 4 is 0 Å². The lowest BCUT2D eigenvalue weighted by Crippen LogP contribution is -1.95. The molecule has 0 saturated carbocycles. The lowest BCUT2D eigenvalue weighted by atomic mass is 9.96. The van der Waals surface area contributed by atoms with Gasteiger partial charge in [0.05, 0.1) is 0 Å². The van der Waals surface area contributed by atoms with Crippen LogP contribution >= 0.6 is 0 Å². The van der Waals surface area contributed by atoms with Crippen LogP contribution in [0.5, 0.6) is 0 Å². The van der Waals surface area contributed by atoms with Crippen LogP contribution < -0.4 is 0 Å². The van der Waals surface area contributed by atoms with Crippen molar-refractivity contribution < 1.29 is 0 Å². The summed E-state index contributed by atoms with van der Waals surface area (Å²) in [4.78, 5) is 0. The molecule has 0 saturated heterocycles. The number of rotatable bonds is 16. The van der Waals surface area contributed by atoms with Crippen LogP contribution in [0.2, 0.25) is 0 Å². The average Bonchev–Trinajstić information content (AvgIpc) is 2.52. The summed E-state index contributed by atoms with van der Waals surface area (Å²) < 4.78 is 0.